The first-order valence-electron chi connectivity index (χ1n) is 6.69. The molecule has 1 aromatic rings. The van der Waals surface area contributed by atoms with E-state index in [-0.39, 0.29) is 6.04 Å². The highest BCUT2D eigenvalue weighted by Gasteiger charge is 2.16. The highest BCUT2D eigenvalue weighted by atomic mass is 16.5. The van der Waals surface area contributed by atoms with Gasteiger partial charge >= 0.3 is 0 Å². The minimum absolute atomic E-state index is 0.0980. The molecule has 4 heteroatoms. The molecule has 2 N–H and O–H groups in total. The van der Waals surface area contributed by atoms with Gasteiger partial charge in [0, 0.05) is 31.0 Å². The van der Waals surface area contributed by atoms with Crippen LogP contribution in [0, 0.1) is 0 Å². The van der Waals surface area contributed by atoms with Gasteiger partial charge in [-0.2, -0.15) is 5.10 Å². The van der Waals surface area contributed by atoms with Crippen LogP contribution in [0.3, 0.4) is 0 Å². The van der Waals surface area contributed by atoms with Crippen LogP contribution >= 0.6 is 0 Å². The molecule has 0 amide bonds. The highest BCUT2D eigenvalue weighted by Crippen LogP contribution is 2.22. The van der Waals surface area contributed by atoms with E-state index in [1.54, 1.807) is 0 Å². The number of hydrogen-bond donors (Lipinski definition) is 1. The molecular formula is C13H23N3O. The third-order valence-electron chi connectivity index (χ3n) is 3.48. The molecule has 0 aliphatic carbocycles. The van der Waals surface area contributed by atoms with Crippen LogP contribution in [0.2, 0.25) is 0 Å². The zero-order chi connectivity index (χ0) is 12.1. The normalized spacial score (nSPS) is 22.6. The molecule has 1 aliphatic rings. The lowest BCUT2D eigenvalue weighted by molar-refractivity contribution is 0.00912. The van der Waals surface area contributed by atoms with Gasteiger partial charge in [0.15, 0.2) is 0 Å². The molecule has 1 aromatic heterocycles. The maximum atomic E-state index is 6.17. The van der Waals surface area contributed by atoms with Crippen LogP contribution in [-0.2, 0) is 11.3 Å². The standard InChI is InChI=1S/C13H23N3O/c1-2-16-10-11(9-15-16)13(14)7-6-12-5-3-4-8-17-12/h9-10,12-13H,2-8,14H2,1H3. The van der Waals surface area contributed by atoms with Gasteiger partial charge in [-0.1, -0.05) is 0 Å². The van der Waals surface area contributed by atoms with Crippen LogP contribution in [0.25, 0.3) is 0 Å². The van der Waals surface area contributed by atoms with Crippen molar-refractivity contribution in [3.05, 3.63) is 18.0 Å². The van der Waals surface area contributed by atoms with E-state index in [0.29, 0.717) is 6.10 Å². The fourth-order valence-corrected chi connectivity index (χ4v) is 2.31. The van der Waals surface area contributed by atoms with E-state index in [0.717, 1.165) is 31.6 Å². The van der Waals surface area contributed by atoms with Crippen LogP contribution < -0.4 is 5.73 Å². The van der Waals surface area contributed by atoms with Crippen LogP contribution in [0.4, 0.5) is 0 Å². The second-order valence-electron chi connectivity index (χ2n) is 4.80. The Balaban J connectivity index is 1.77. The first-order valence-corrected chi connectivity index (χ1v) is 6.69. The predicted octanol–water partition coefficient (Wildman–Crippen LogP) is 2.25. The van der Waals surface area contributed by atoms with Gasteiger partial charge in [0.25, 0.3) is 0 Å². The third-order valence-corrected chi connectivity index (χ3v) is 3.48. The zero-order valence-corrected chi connectivity index (χ0v) is 10.6. The Morgan fingerprint density at radius 2 is 2.47 bits per heavy atom. The average Bonchev–Trinajstić information content (AvgIpc) is 2.86. The van der Waals surface area contributed by atoms with E-state index in [1.165, 1.54) is 19.3 Å². The quantitative estimate of drug-likeness (QED) is 0.854. The first-order chi connectivity index (χ1) is 8.29. The Morgan fingerprint density at radius 1 is 1.59 bits per heavy atom. The zero-order valence-electron chi connectivity index (χ0n) is 10.6. The maximum Gasteiger partial charge on any atom is 0.0575 e. The first kappa shape index (κ1) is 12.6. The van der Waals surface area contributed by atoms with Crippen molar-refractivity contribution in [3.8, 4) is 0 Å². The van der Waals surface area contributed by atoms with Crippen LogP contribution in [0.1, 0.15) is 50.6 Å². The van der Waals surface area contributed by atoms with E-state index in [2.05, 4.69) is 12.0 Å². The average molecular weight is 237 g/mol. The fourth-order valence-electron chi connectivity index (χ4n) is 2.31. The molecule has 4 nitrogen and oxygen atoms in total. The molecule has 0 aromatic carbocycles. The number of nitrogens with two attached hydrogens (primary N) is 1. The van der Waals surface area contributed by atoms with Crippen molar-refractivity contribution in [2.75, 3.05) is 6.61 Å². The molecule has 2 unspecified atom stereocenters. The van der Waals surface area contributed by atoms with Crippen molar-refractivity contribution in [1.29, 1.82) is 0 Å². The van der Waals surface area contributed by atoms with Gasteiger partial charge in [-0.3, -0.25) is 4.68 Å². The number of aromatic nitrogens is 2. The minimum atomic E-state index is 0.0980. The van der Waals surface area contributed by atoms with E-state index in [4.69, 9.17) is 10.5 Å². The summed E-state index contributed by atoms with van der Waals surface area (Å²) < 4.78 is 7.64. The Bertz CT molecular complexity index is 331. The van der Waals surface area contributed by atoms with Crippen molar-refractivity contribution in [2.24, 2.45) is 5.73 Å². The lowest BCUT2D eigenvalue weighted by Gasteiger charge is -2.23. The topological polar surface area (TPSA) is 53.1 Å². The smallest absolute Gasteiger partial charge is 0.0575 e. The molecule has 0 spiro atoms. The molecule has 2 rings (SSSR count). The molecule has 0 bridgehead atoms. The van der Waals surface area contributed by atoms with Gasteiger partial charge in [-0.25, -0.2) is 0 Å². The van der Waals surface area contributed by atoms with Gasteiger partial charge in [0.1, 0.15) is 0 Å². The summed E-state index contributed by atoms with van der Waals surface area (Å²) in [5.41, 5.74) is 7.31. The monoisotopic (exact) mass is 237 g/mol. The van der Waals surface area contributed by atoms with Crippen molar-refractivity contribution < 1.29 is 4.74 Å². The molecule has 2 heterocycles. The lowest BCUT2D eigenvalue weighted by atomic mass is 10.00. The molecular weight excluding hydrogens is 214 g/mol. The molecule has 0 radical (unpaired) electrons. The largest absolute Gasteiger partial charge is 0.378 e. The molecule has 0 saturated carbocycles. The van der Waals surface area contributed by atoms with Gasteiger partial charge in [0.05, 0.1) is 12.3 Å². The Kier molecular flexibility index (Phi) is 4.57. The Labute approximate surface area is 103 Å². The molecule has 2 atom stereocenters. The number of rotatable bonds is 5. The van der Waals surface area contributed by atoms with Crippen LogP contribution in [0.15, 0.2) is 12.4 Å². The SMILES string of the molecule is CCn1cc(C(N)CCC2CCCCO2)cn1. The van der Waals surface area contributed by atoms with E-state index in [9.17, 15) is 0 Å². The molecule has 1 saturated heterocycles. The minimum Gasteiger partial charge on any atom is -0.378 e. The number of nitrogens with zero attached hydrogens (tertiary/aromatic N) is 2. The summed E-state index contributed by atoms with van der Waals surface area (Å²) in [6.07, 6.45) is 10.1. The number of aryl methyl sites for hydroxylation is 1. The second kappa shape index (κ2) is 6.17. The summed E-state index contributed by atoms with van der Waals surface area (Å²) >= 11 is 0. The van der Waals surface area contributed by atoms with Gasteiger partial charge in [-0.15, -0.1) is 0 Å². The molecule has 17 heavy (non-hydrogen) atoms. The van der Waals surface area contributed by atoms with Crippen molar-refractivity contribution >= 4 is 0 Å². The molecule has 96 valence electrons. The summed E-state index contributed by atoms with van der Waals surface area (Å²) in [5.74, 6) is 0. The third kappa shape index (κ3) is 3.54. The van der Waals surface area contributed by atoms with E-state index < -0.39 is 0 Å². The van der Waals surface area contributed by atoms with Gasteiger partial charge in [-0.05, 0) is 39.0 Å². The maximum absolute atomic E-state index is 6.17. The number of ether oxygens (including phenoxy) is 1. The van der Waals surface area contributed by atoms with E-state index in [1.807, 2.05) is 17.1 Å². The fraction of sp³-hybridized carbons (Fsp3) is 0.769. The number of hydrogen-bond acceptors (Lipinski definition) is 3. The summed E-state index contributed by atoms with van der Waals surface area (Å²) in [4.78, 5) is 0. The molecule has 1 fully saturated rings. The van der Waals surface area contributed by atoms with Crippen molar-refractivity contribution in [3.63, 3.8) is 0 Å². The summed E-state index contributed by atoms with van der Waals surface area (Å²) in [6, 6.07) is 0.0980. The summed E-state index contributed by atoms with van der Waals surface area (Å²) in [5, 5.41) is 4.26. The highest BCUT2D eigenvalue weighted by molar-refractivity contribution is 5.09. The van der Waals surface area contributed by atoms with Crippen molar-refractivity contribution in [2.45, 2.75) is 57.7 Å². The summed E-state index contributed by atoms with van der Waals surface area (Å²) in [7, 11) is 0. The second-order valence-corrected chi connectivity index (χ2v) is 4.80. The van der Waals surface area contributed by atoms with Crippen LogP contribution in [-0.4, -0.2) is 22.5 Å². The van der Waals surface area contributed by atoms with Gasteiger partial charge in [0.2, 0.25) is 0 Å². The summed E-state index contributed by atoms with van der Waals surface area (Å²) in [6.45, 7) is 3.91. The predicted molar refractivity (Wildman–Crippen MR) is 67.7 cm³/mol. The lowest BCUT2D eigenvalue weighted by Crippen LogP contribution is -2.21. The Hall–Kier alpha value is -0.870. The van der Waals surface area contributed by atoms with Crippen molar-refractivity contribution in [1.82, 2.24) is 9.78 Å². The Morgan fingerprint density at radius 3 is 3.12 bits per heavy atom. The molecule has 1 aliphatic heterocycles. The van der Waals surface area contributed by atoms with Crippen LogP contribution in [0.5, 0.6) is 0 Å². The van der Waals surface area contributed by atoms with E-state index >= 15 is 0 Å². The van der Waals surface area contributed by atoms with Gasteiger partial charge < -0.3 is 10.5 Å².